The van der Waals surface area contributed by atoms with Crippen LogP contribution >= 0.6 is 0 Å². The number of nitrogens with two attached hydrogens (primary N) is 1. The molecule has 84 valence electrons. The van der Waals surface area contributed by atoms with Crippen LogP contribution in [0.4, 0.5) is 5.69 Å². The number of nitrogens with zero attached hydrogens (tertiary/aromatic N) is 1. The van der Waals surface area contributed by atoms with Crippen molar-refractivity contribution < 1.29 is 4.74 Å². The van der Waals surface area contributed by atoms with E-state index in [1.54, 1.807) is 7.11 Å². The van der Waals surface area contributed by atoms with Gasteiger partial charge in [-0.3, -0.25) is 0 Å². The van der Waals surface area contributed by atoms with Crippen molar-refractivity contribution in [2.24, 2.45) is 5.73 Å². The highest BCUT2D eigenvalue weighted by Gasteiger charge is 2.13. The molecule has 3 nitrogen and oxygen atoms in total. The van der Waals surface area contributed by atoms with Gasteiger partial charge in [0.25, 0.3) is 0 Å². The number of hydrogen-bond acceptors (Lipinski definition) is 3. The smallest absolute Gasteiger partial charge is 0.142 e. The van der Waals surface area contributed by atoms with Crippen LogP contribution in [0.1, 0.15) is 13.8 Å². The summed E-state index contributed by atoms with van der Waals surface area (Å²) in [5.41, 5.74) is 6.73. The standard InChI is InChI=1S/C12H20N2O/c1-10(2)14(9-8-13)11-6-4-5-7-12(11)15-3/h4-7,10H,8-9,13H2,1-3H3. The van der Waals surface area contributed by atoms with Gasteiger partial charge in [0.1, 0.15) is 5.75 Å². The molecule has 0 saturated carbocycles. The number of benzene rings is 1. The summed E-state index contributed by atoms with van der Waals surface area (Å²) in [7, 11) is 1.69. The van der Waals surface area contributed by atoms with Gasteiger partial charge in [0.05, 0.1) is 12.8 Å². The second-order valence-corrected chi connectivity index (χ2v) is 3.75. The van der Waals surface area contributed by atoms with E-state index in [4.69, 9.17) is 10.5 Å². The monoisotopic (exact) mass is 208 g/mol. The SMILES string of the molecule is COc1ccccc1N(CCN)C(C)C. The highest BCUT2D eigenvalue weighted by atomic mass is 16.5. The van der Waals surface area contributed by atoms with Crippen LogP contribution < -0.4 is 15.4 Å². The van der Waals surface area contributed by atoms with Crippen LogP contribution in [0.25, 0.3) is 0 Å². The van der Waals surface area contributed by atoms with E-state index in [2.05, 4.69) is 24.8 Å². The summed E-state index contributed by atoms with van der Waals surface area (Å²) >= 11 is 0. The number of anilines is 1. The fraction of sp³-hybridized carbons (Fsp3) is 0.500. The van der Waals surface area contributed by atoms with Crippen molar-refractivity contribution >= 4 is 5.69 Å². The molecule has 2 N–H and O–H groups in total. The van der Waals surface area contributed by atoms with E-state index in [1.807, 2.05) is 18.2 Å². The predicted molar refractivity (Wildman–Crippen MR) is 64.5 cm³/mol. The minimum Gasteiger partial charge on any atom is -0.495 e. The first-order valence-electron chi connectivity index (χ1n) is 5.30. The Balaban J connectivity index is 2.98. The molecule has 1 aromatic rings. The van der Waals surface area contributed by atoms with E-state index >= 15 is 0 Å². The molecule has 0 spiro atoms. The first-order chi connectivity index (χ1) is 7.20. The summed E-state index contributed by atoms with van der Waals surface area (Å²) in [5.74, 6) is 0.902. The number of methoxy groups -OCH3 is 1. The first-order valence-corrected chi connectivity index (χ1v) is 5.30. The molecule has 0 fully saturated rings. The van der Waals surface area contributed by atoms with Crippen molar-refractivity contribution in [1.29, 1.82) is 0 Å². The summed E-state index contributed by atoms with van der Waals surface area (Å²) in [6, 6.07) is 8.45. The molecular formula is C12H20N2O. The summed E-state index contributed by atoms with van der Waals surface area (Å²) in [6.45, 7) is 5.80. The van der Waals surface area contributed by atoms with Crippen LogP contribution in [-0.2, 0) is 0 Å². The lowest BCUT2D eigenvalue weighted by Crippen LogP contribution is -2.35. The summed E-state index contributed by atoms with van der Waals surface area (Å²) < 4.78 is 5.34. The van der Waals surface area contributed by atoms with Gasteiger partial charge in [0, 0.05) is 19.1 Å². The van der Waals surface area contributed by atoms with Crippen molar-refractivity contribution in [3.05, 3.63) is 24.3 Å². The molecule has 0 aromatic heterocycles. The van der Waals surface area contributed by atoms with E-state index in [9.17, 15) is 0 Å². The van der Waals surface area contributed by atoms with Crippen molar-refractivity contribution in [3.63, 3.8) is 0 Å². The van der Waals surface area contributed by atoms with Gasteiger partial charge < -0.3 is 15.4 Å². The van der Waals surface area contributed by atoms with Crippen LogP contribution in [0, 0.1) is 0 Å². The predicted octanol–water partition coefficient (Wildman–Crippen LogP) is 1.87. The lowest BCUT2D eigenvalue weighted by molar-refractivity contribution is 0.413. The normalized spacial score (nSPS) is 10.5. The Morgan fingerprint density at radius 2 is 2.00 bits per heavy atom. The maximum absolute atomic E-state index is 5.61. The second kappa shape index (κ2) is 5.61. The summed E-state index contributed by atoms with van der Waals surface area (Å²) in [5, 5.41) is 0. The van der Waals surface area contributed by atoms with E-state index < -0.39 is 0 Å². The zero-order chi connectivity index (χ0) is 11.3. The minimum atomic E-state index is 0.421. The summed E-state index contributed by atoms with van der Waals surface area (Å²) in [6.07, 6.45) is 0. The van der Waals surface area contributed by atoms with Crippen LogP contribution in [0.5, 0.6) is 5.75 Å². The van der Waals surface area contributed by atoms with Gasteiger partial charge in [-0.1, -0.05) is 12.1 Å². The van der Waals surface area contributed by atoms with Gasteiger partial charge in [0.15, 0.2) is 0 Å². The van der Waals surface area contributed by atoms with Gasteiger partial charge in [-0.15, -0.1) is 0 Å². The third-order valence-electron chi connectivity index (χ3n) is 2.39. The topological polar surface area (TPSA) is 38.5 Å². The lowest BCUT2D eigenvalue weighted by atomic mass is 10.2. The molecule has 0 aliphatic carbocycles. The highest BCUT2D eigenvalue weighted by molar-refractivity contribution is 5.58. The molecule has 0 unspecified atom stereocenters. The molecule has 1 rings (SSSR count). The molecule has 0 bridgehead atoms. The Hall–Kier alpha value is -1.22. The number of ether oxygens (including phenoxy) is 1. The minimum absolute atomic E-state index is 0.421. The average molecular weight is 208 g/mol. The van der Waals surface area contributed by atoms with Gasteiger partial charge in [-0.25, -0.2) is 0 Å². The zero-order valence-electron chi connectivity index (χ0n) is 9.73. The molecule has 0 radical (unpaired) electrons. The largest absolute Gasteiger partial charge is 0.495 e. The van der Waals surface area contributed by atoms with Gasteiger partial charge >= 0.3 is 0 Å². The molecule has 0 aliphatic rings. The third-order valence-corrected chi connectivity index (χ3v) is 2.39. The van der Waals surface area contributed by atoms with Crippen molar-refractivity contribution in [2.75, 3.05) is 25.1 Å². The molecule has 0 saturated heterocycles. The first kappa shape index (κ1) is 11.9. The summed E-state index contributed by atoms with van der Waals surface area (Å²) in [4.78, 5) is 2.25. The molecule has 1 aromatic carbocycles. The maximum Gasteiger partial charge on any atom is 0.142 e. The van der Waals surface area contributed by atoms with Crippen LogP contribution in [0.3, 0.4) is 0 Å². The van der Waals surface area contributed by atoms with Gasteiger partial charge in [-0.05, 0) is 26.0 Å². The van der Waals surface area contributed by atoms with E-state index in [-0.39, 0.29) is 0 Å². The van der Waals surface area contributed by atoms with Crippen LogP contribution in [0.2, 0.25) is 0 Å². The Morgan fingerprint density at radius 1 is 1.33 bits per heavy atom. The molecule has 0 amide bonds. The molecule has 15 heavy (non-hydrogen) atoms. The highest BCUT2D eigenvalue weighted by Crippen LogP contribution is 2.28. The Labute approximate surface area is 91.8 Å². The fourth-order valence-electron chi connectivity index (χ4n) is 1.66. The Morgan fingerprint density at radius 3 is 2.53 bits per heavy atom. The third kappa shape index (κ3) is 2.86. The molecular weight excluding hydrogens is 188 g/mol. The molecule has 3 heteroatoms. The van der Waals surface area contributed by atoms with Crippen molar-refractivity contribution in [3.8, 4) is 5.75 Å². The van der Waals surface area contributed by atoms with Crippen LogP contribution in [0.15, 0.2) is 24.3 Å². The van der Waals surface area contributed by atoms with Gasteiger partial charge in [0.2, 0.25) is 0 Å². The second-order valence-electron chi connectivity index (χ2n) is 3.75. The van der Waals surface area contributed by atoms with Crippen molar-refractivity contribution in [2.45, 2.75) is 19.9 Å². The molecule has 0 aliphatic heterocycles. The van der Waals surface area contributed by atoms with E-state index in [0.29, 0.717) is 12.6 Å². The number of para-hydroxylation sites is 2. The maximum atomic E-state index is 5.61. The molecule has 0 heterocycles. The zero-order valence-corrected chi connectivity index (χ0v) is 9.73. The fourth-order valence-corrected chi connectivity index (χ4v) is 1.66. The Kier molecular flexibility index (Phi) is 4.43. The number of hydrogen-bond donors (Lipinski definition) is 1. The van der Waals surface area contributed by atoms with E-state index in [1.165, 1.54) is 0 Å². The van der Waals surface area contributed by atoms with Crippen molar-refractivity contribution in [1.82, 2.24) is 0 Å². The number of rotatable bonds is 5. The van der Waals surface area contributed by atoms with Crippen LogP contribution in [-0.4, -0.2) is 26.2 Å². The quantitative estimate of drug-likeness (QED) is 0.802. The molecule has 0 atom stereocenters. The van der Waals surface area contributed by atoms with E-state index in [0.717, 1.165) is 18.0 Å². The Bertz CT molecular complexity index is 299. The van der Waals surface area contributed by atoms with Gasteiger partial charge in [-0.2, -0.15) is 0 Å². The lowest BCUT2D eigenvalue weighted by Gasteiger charge is -2.29. The average Bonchev–Trinajstić information content (AvgIpc) is 2.25.